The number of sulfone groups is 1. The van der Waals surface area contributed by atoms with E-state index in [-0.39, 0.29) is 23.3 Å². The van der Waals surface area contributed by atoms with Crippen molar-refractivity contribution in [2.24, 2.45) is 5.92 Å². The van der Waals surface area contributed by atoms with E-state index in [1.807, 2.05) is 54.6 Å². The number of amides is 1. The van der Waals surface area contributed by atoms with Gasteiger partial charge in [0.15, 0.2) is 9.84 Å². The molecule has 2 aromatic carbocycles. The second-order valence-corrected chi connectivity index (χ2v) is 9.15. The number of para-hydroxylation sites is 1. The molecule has 0 aliphatic carbocycles. The van der Waals surface area contributed by atoms with Crippen molar-refractivity contribution in [2.75, 3.05) is 18.1 Å². The number of nitrogens with zero attached hydrogens (tertiary/aromatic N) is 1. The fourth-order valence-electron chi connectivity index (χ4n) is 3.49. The SMILES string of the molecule is O=C(NCC1CCS(=O)(=O)C1)c1cc(-c2ccccc2)nc2ccccc12. The van der Waals surface area contributed by atoms with E-state index in [2.05, 4.69) is 10.3 Å². The summed E-state index contributed by atoms with van der Waals surface area (Å²) in [5.74, 6) is 0.152. The summed E-state index contributed by atoms with van der Waals surface area (Å²) in [5.41, 5.74) is 3.00. The molecular formula is C21H20N2O3S. The minimum absolute atomic E-state index is 0.0133. The van der Waals surface area contributed by atoms with Crippen LogP contribution in [0.4, 0.5) is 0 Å². The normalized spacial score (nSPS) is 18.4. The number of benzene rings is 2. The first-order valence-corrected chi connectivity index (χ1v) is 10.8. The first kappa shape index (κ1) is 17.7. The smallest absolute Gasteiger partial charge is 0.252 e. The first-order valence-electron chi connectivity index (χ1n) is 8.96. The molecule has 6 heteroatoms. The lowest BCUT2D eigenvalue weighted by Gasteiger charge is -2.12. The number of fused-ring (bicyclic) bond motifs is 1. The van der Waals surface area contributed by atoms with Crippen LogP contribution in [0.5, 0.6) is 0 Å². The van der Waals surface area contributed by atoms with Crippen LogP contribution >= 0.6 is 0 Å². The highest BCUT2D eigenvalue weighted by Crippen LogP contribution is 2.25. The Balaban J connectivity index is 1.64. The lowest BCUT2D eigenvalue weighted by molar-refractivity contribution is 0.0950. The van der Waals surface area contributed by atoms with Crippen molar-refractivity contribution in [1.82, 2.24) is 10.3 Å². The van der Waals surface area contributed by atoms with E-state index in [0.717, 1.165) is 22.2 Å². The fourth-order valence-corrected chi connectivity index (χ4v) is 5.35. The molecule has 5 nitrogen and oxygen atoms in total. The minimum atomic E-state index is -2.95. The van der Waals surface area contributed by atoms with Gasteiger partial charge in [0.1, 0.15) is 0 Å². The van der Waals surface area contributed by atoms with E-state index in [4.69, 9.17) is 0 Å². The van der Waals surface area contributed by atoms with E-state index in [1.54, 1.807) is 6.07 Å². The molecule has 1 unspecified atom stereocenters. The van der Waals surface area contributed by atoms with E-state index in [0.29, 0.717) is 18.5 Å². The molecule has 0 saturated carbocycles. The molecule has 1 fully saturated rings. The van der Waals surface area contributed by atoms with Gasteiger partial charge in [-0.3, -0.25) is 4.79 Å². The highest BCUT2D eigenvalue weighted by Gasteiger charge is 2.28. The zero-order chi connectivity index (χ0) is 18.9. The van der Waals surface area contributed by atoms with Gasteiger partial charge in [-0.25, -0.2) is 13.4 Å². The maximum Gasteiger partial charge on any atom is 0.252 e. The third-order valence-electron chi connectivity index (χ3n) is 4.91. The molecule has 1 aromatic heterocycles. The Morgan fingerprint density at radius 3 is 2.56 bits per heavy atom. The predicted octanol–water partition coefficient (Wildman–Crippen LogP) is 3.07. The van der Waals surface area contributed by atoms with Crippen molar-refractivity contribution < 1.29 is 13.2 Å². The van der Waals surface area contributed by atoms with Crippen LogP contribution in [0.1, 0.15) is 16.8 Å². The number of carbonyl (C=O) groups excluding carboxylic acids is 1. The van der Waals surface area contributed by atoms with E-state index in [9.17, 15) is 13.2 Å². The summed E-state index contributed by atoms with van der Waals surface area (Å²) >= 11 is 0. The van der Waals surface area contributed by atoms with Gasteiger partial charge in [-0.05, 0) is 24.5 Å². The Morgan fingerprint density at radius 1 is 1.07 bits per heavy atom. The molecule has 3 aromatic rings. The zero-order valence-electron chi connectivity index (χ0n) is 14.8. The van der Waals surface area contributed by atoms with Gasteiger partial charge in [-0.2, -0.15) is 0 Å². The summed E-state index contributed by atoms with van der Waals surface area (Å²) < 4.78 is 23.2. The summed E-state index contributed by atoms with van der Waals surface area (Å²) in [6.45, 7) is 0.370. The topological polar surface area (TPSA) is 76.1 Å². The van der Waals surface area contributed by atoms with E-state index < -0.39 is 9.84 Å². The number of rotatable bonds is 4. The number of nitrogens with one attached hydrogen (secondary N) is 1. The van der Waals surface area contributed by atoms with Crippen LogP contribution in [-0.4, -0.2) is 37.4 Å². The molecule has 1 aliphatic rings. The molecule has 1 saturated heterocycles. The van der Waals surface area contributed by atoms with Gasteiger partial charge in [0.2, 0.25) is 0 Å². The predicted molar refractivity (Wildman–Crippen MR) is 106 cm³/mol. The molecular weight excluding hydrogens is 360 g/mol. The Bertz CT molecular complexity index is 1090. The van der Waals surface area contributed by atoms with Gasteiger partial charge in [-0.1, -0.05) is 48.5 Å². The van der Waals surface area contributed by atoms with Crippen molar-refractivity contribution in [2.45, 2.75) is 6.42 Å². The van der Waals surface area contributed by atoms with Crippen molar-refractivity contribution >= 4 is 26.6 Å². The Kier molecular flexibility index (Phi) is 4.66. The number of pyridine rings is 1. The van der Waals surface area contributed by atoms with E-state index in [1.165, 1.54) is 0 Å². The van der Waals surface area contributed by atoms with Gasteiger partial charge < -0.3 is 5.32 Å². The molecule has 1 amide bonds. The van der Waals surface area contributed by atoms with Crippen LogP contribution in [0.15, 0.2) is 60.7 Å². The van der Waals surface area contributed by atoms with Crippen LogP contribution in [-0.2, 0) is 9.84 Å². The van der Waals surface area contributed by atoms with E-state index >= 15 is 0 Å². The third-order valence-corrected chi connectivity index (χ3v) is 6.75. The second kappa shape index (κ2) is 7.12. The lowest BCUT2D eigenvalue weighted by Crippen LogP contribution is -2.30. The van der Waals surface area contributed by atoms with Gasteiger partial charge >= 0.3 is 0 Å². The van der Waals surface area contributed by atoms with Crippen LogP contribution < -0.4 is 5.32 Å². The van der Waals surface area contributed by atoms with Crippen molar-refractivity contribution in [3.05, 3.63) is 66.2 Å². The van der Waals surface area contributed by atoms with Gasteiger partial charge in [0.05, 0.1) is 28.3 Å². The molecule has 1 N–H and O–H groups in total. The van der Waals surface area contributed by atoms with Crippen LogP contribution in [0.3, 0.4) is 0 Å². The lowest BCUT2D eigenvalue weighted by atomic mass is 10.0. The van der Waals surface area contributed by atoms with Crippen molar-refractivity contribution in [3.63, 3.8) is 0 Å². The number of hydrogen-bond donors (Lipinski definition) is 1. The average molecular weight is 380 g/mol. The Hall–Kier alpha value is -2.73. The van der Waals surface area contributed by atoms with Crippen LogP contribution in [0.2, 0.25) is 0 Å². The molecule has 2 heterocycles. The van der Waals surface area contributed by atoms with Gasteiger partial charge in [0, 0.05) is 17.5 Å². The van der Waals surface area contributed by atoms with Gasteiger partial charge in [0.25, 0.3) is 5.91 Å². The third kappa shape index (κ3) is 3.85. The van der Waals surface area contributed by atoms with Crippen molar-refractivity contribution in [3.8, 4) is 11.3 Å². The van der Waals surface area contributed by atoms with Gasteiger partial charge in [-0.15, -0.1) is 0 Å². The summed E-state index contributed by atoms with van der Waals surface area (Å²) in [5, 5.41) is 3.70. The minimum Gasteiger partial charge on any atom is -0.352 e. The van der Waals surface area contributed by atoms with Crippen LogP contribution in [0.25, 0.3) is 22.2 Å². The fraction of sp³-hybridized carbons (Fsp3) is 0.238. The molecule has 0 spiro atoms. The number of carbonyl (C=O) groups is 1. The highest BCUT2D eigenvalue weighted by molar-refractivity contribution is 7.91. The number of aromatic nitrogens is 1. The standard InChI is InChI=1S/C21H20N2O3S/c24-21(22-13-15-10-11-27(25,26)14-15)18-12-20(16-6-2-1-3-7-16)23-19-9-5-4-8-17(18)19/h1-9,12,15H,10-11,13-14H2,(H,22,24). The zero-order valence-corrected chi connectivity index (χ0v) is 15.6. The number of hydrogen-bond acceptors (Lipinski definition) is 4. The molecule has 0 bridgehead atoms. The van der Waals surface area contributed by atoms with Crippen molar-refractivity contribution in [1.29, 1.82) is 0 Å². The summed E-state index contributed by atoms with van der Waals surface area (Å²) in [7, 11) is -2.95. The second-order valence-electron chi connectivity index (χ2n) is 6.92. The molecule has 138 valence electrons. The highest BCUT2D eigenvalue weighted by atomic mass is 32.2. The maximum atomic E-state index is 12.9. The quantitative estimate of drug-likeness (QED) is 0.755. The average Bonchev–Trinajstić information content (AvgIpc) is 3.04. The Morgan fingerprint density at radius 2 is 1.81 bits per heavy atom. The summed E-state index contributed by atoms with van der Waals surface area (Å²) in [6, 6.07) is 19.1. The molecule has 0 radical (unpaired) electrons. The molecule has 27 heavy (non-hydrogen) atoms. The molecule has 4 rings (SSSR count). The monoisotopic (exact) mass is 380 g/mol. The maximum absolute atomic E-state index is 12.9. The molecule has 1 aliphatic heterocycles. The summed E-state index contributed by atoms with van der Waals surface area (Å²) in [6.07, 6.45) is 0.606. The largest absolute Gasteiger partial charge is 0.352 e. The van der Waals surface area contributed by atoms with Crippen LogP contribution in [0, 0.1) is 5.92 Å². The first-order chi connectivity index (χ1) is 13.0. The summed E-state index contributed by atoms with van der Waals surface area (Å²) in [4.78, 5) is 17.6. The Labute approximate surface area is 158 Å². The molecule has 1 atom stereocenters.